The van der Waals surface area contributed by atoms with E-state index in [1.807, 2.05) is 0 Å². The molecule has 2 N–H and O–H groups in total. The molecular weight excluding hydrogens is 236 g/mol. The van der Waals surface area contributed by atoms with E-state index in [1.165, 1.54) is 17.5 Å². The fourth-order valence-electron chi connectivity index (χ4n) is 3.23. The summed E-state index contributed by atoms with van der Waals surface area (Å²) in [7, 11) is 1.73. The summed E-state index contributed by atoms with van der Waals surface area (Å²) in [4.78, 5) is 2.55. The van der Waals surface area contributed by atoms with Crippen molar-refractivity contribution in [3.8, 4) is 0 Å². The van der Waals surface area contributed by atoms with Crippen molar-refractivity contribution in [3.05, 3.63) is 35.4 Å². The van der Waals surface area contributed by atoms with Gasteiger partial charge in [0.25, 0.3) is 0 Å². The number of nitrogens with two attached hydrogens (primary N) is 1. The van der Waals surface area contributed by atoms with Crippen LogP contribution < -0.4 is 5.73 Å². The highest BCUT2D eigenvalue weighted by Crippen LogP contribution is 2.31. The van der Waals surface area contributed by atoms with Crippen molar-refractivity contribution in [2.45, 2.75) is 39.0 Å². The maximum Gasteiger partial charge on any atom is 0.0713 e. The molecule has 3 nitrogen and oxygen atoms in total. The summed E-state index contributed by atoms with van der Waals surface area (Å²) in [6.07, 6.45) is 1.28. The maximum absolute atomic E-state index is 6.02. The van der Waals surface area contributed by atoms with Gasteiger partial charge in [-0.25, -0.2) is 0 Å². The Morgan fingerprint density at radius 3 is 2.47 bits per heavy atom. The van der Waals surface area contributed by atoms with Gasteiger partial charge < -0.3 is 10.5 Å². The molecular formula is C16H26N2O. The molecule has 3 heteroatoms. The number of methoxy groups -OCH3 is 1. The predicted octanol–water partition coefficient (Wildman–Crippen LogP) is 2.56. The van der Waals surface area contributed by atoms with Crippen molar-refractivity contribution in [1.82, 2.24) is 4.90 Å². The van der Waals surface area contributed by atoms with E-state index in [4.69, 9.17) is 10.5 Å². The molecule has 0 saturated carbocycles. The van der Waals surface area contributed by atoms with Gasteiger partial charge in [-0.2, -0.15) is 0 Å². The zero-order valence-electron chi connectivity index (χ0n) is 12.3. The van der Waals surface area contributed by atoms with E-state index in [9.17, 15) is 0 Å². The number of hydrogen-bond acceptors (Lipinski definition) is 3. The molecule has 1 aromatic rings. The van der Waals surface area contributed by atoms with Gasteiger partial charge in [-0.1, -0.05) is 31.2 Å². The number of benzene rings is 1. The minimum absolute atomic E-state index is 0.344. The van der Waals surface area contributed by atoms with Crippen molar-refractivity contribution in [2.24, 2.45) is 11.7 Å². The first-order chi connectivity index (χ1) is 9.15. The average molecular weight is 262 g/mol. The number of rotatable bonds is 5. The highest BCUT2D eigenvalue weighted by molar-refractivity contribution is 5.25. The molecule has 1 heterocycles. The fourth-order valence-corrected chi connectivity index (χ4v) is 3.23. The molecule has 0 aliphatic carbocycles. The van der Waals surface area contributed by atoms with Crippen LogP contribution in [0.5, 0.6) is 0 Å². The van der Waals surface area contributed by atoms with Gasteiger partial charge in [0.2, 0.25) is 0 Å². The molecule has 19 heavy (non-hydrogen) atoms. The van der Waals surface area contributed by atoms with Gasteiger partial charge in [0.05, 0.1) is 6.61 Å². The molecule has 2 rings (SSSR count). The molecule has 1 fully saturated rings. The van der Waals surface area contributed by atoms with Gasteiger partial charge in [0.15, 0.2) is 0 Å². The maximum atomic E-state index is 6.02. The van der Waals surface area contributed by atoms with Crippen molar-refractivity contribution < 1.29 is 4.74 Å². The summed E-state index contributed by atoms with van der Waals surface area (Å²) in [5, 5.41) is 0. The SMILES string of the molecule is COCc1ccc(C(CN)N2CC(C)CC2C)cc1. The van der Waals surface area contributed by atoms with Crippen molar-refractivity contribution in [3.63, 3.8) is 0 Å². The van der Waals surface area contributed by atoms with Crippen LogP contribution in [0.3, 0.4) is 0 Å². The van der Waals surface area contributed by atoms with Gasteiger partial charge >= 0.3 is 0 Å². The van der Waals surface area contributed by atoms with Crippen molar-refractivity contribution >= 4 is 0 Å². The third-order valence-electron chi connectivity index (χ3n) is 4.13. The number of likely N-dealkylation sites (tertiary alicyclic amines) is 1. The molecule has 0 radical (unpaired) electrons. The molecule has 106 valence electrons. The quantitative estimate of drug-likeness (QED) is 0.886. The van der Waals surface area contributed by atoms with Crippen LogP contribution >= 0.6 is 0 Å². The average Bonchev–Trinajstić information content (AvgIpc) is 2.72. The largest absolute Gasteiger partial charge is 0.380 e. The Labute approximate surface area is 116 Å². The molecule has 0 spiro atoms. The van der Waals surface area contributed by atoms with E-state index >= 15 is 0 Å². The minimum atomic E-state index is 0.344. The van der Waals surface area contributed by atoms with Crippen LogP contribution in [0.1, 0.15) is 37.4 Å². The Hall–Kier alpha value is -0.900. The summed E-state index contributed by atoms with van der Waals surface area (Å²) in [5.74, 6) is 0.775. The lowest BCUT2D eigenvalue weighted by Crippen LogP contribution is -2.36. The molecule has 1 aromatic carbocycles. The smallest absolute Gasteiger partial charge is 0.0713 e. The van der Waals surface area contributed by atoms with Gasteiger partial charge in [-0.05, 0) is 30.4 Å². The van der Waals surface area contributed by atoms with E-state index in [1.54, 1.807) is 7.11 Å². The second kappa shape index (κ2) is 6.51. The van der Waals surface area contributed by atoms with Crippen LogP contribution in [0.4, 0.5) is 0 Å². The van der Waals surface area contributed by atoms with E-state index in [0.717, 1.165) is 12.5 Å². The zero-order valence-corrected chi connectivity index (χ0v) is 12.3. The Morgan fingerprint density at radius 2 is 2.00 bits per heavy atom. The summed E-state index contributed by atoms with van der Waals surface area (Å²) in [6, 6.07) is 9.65. The molecule has 3 atom stereocenters. The normalized spacial score (nSPS) is 25.7. The lowest BCUT2D eigenvalue weighted by atomic mass is 10.0. The predicted molar refractivity (Wildman–Crippen MR) is 78.9 cm³/mol. The van der Waals surface area contributed by atoms with Crippen LogP contribution in [-0.4, -0.2) is 31.1 Å². The first-order valence-corrected chi connectivity index (χ1v) is 7.19. The van der Waals surface area contributed by atoms with Crippen LogP contribution in [0.25, 0.3) is 0 Å². The Bertz CT molecular complexity index is 390. The van der Waals surface area contributed by atoms with Crippen LogP contribution in [0, 0.1) is 5.92 Å². The Morgan fingerprint density at radius 1 is 1.32 bits per heavy atom. The van der Waals surface area contributed by atoms with Gasteiger partial charge in [-0.15, -0.1) is 0 Å². The monoisotopic (exact) mass is 262 g/mol. The summed E-state index contributed by atoms with van der Waals surface area (Å²) in [6.45, 7) is 7.14. The molecule has 1 aliphatic rings. The lowest BCUT2D eigenvalue weighted by molar-refractivity contribution is 0.184. The van der Waals surface area contributed by atoms with E-state index in [-0.39, 0.29) is 0 Å². The first kappa shape index (κ1) is 14.5. The molecule has 0 bridgehead atoms. The van der Waals surface area contributed by atoms with Gasteiger partial charge in [0, 0.05) is 32.3 Å². The lowest BCUT2D eigenvalue weighted by Gasteiger charge is -2.31. The summed E-state index contributed by atoms with van der Waals surface area (Å²) < 4.78 is 5.15. The number of hydrogen-bond donors (Lipinski definition) is 1. The van der Waals surface area contributed by atoms with Gasteiger partial charge in [0.1, 0.15) is 0 Å². The highest BCUT2D eigenvalue weighted by atomic mass is 16.5. The summed E-state index contributed by atoms with van der Waals surface area (Å²) in [5.41, 5.74) is 8.56. The second-order valence-corrected chi connectivity index (χ2v) is 5.81. The number of nitrogens with zero attached hydrogens (tertiary/aromatic N) is 1. The molecule has 3 unspecified atom stereocenters. The van der Waals surface area contributed by atoms with E-state index < -0.39 is 0 Å². The third-order valence-corrected chi connectivity index (χ3v) is 4.13. The molecule has 1 saturated heterocycles. The van der Waals surface area contributed by atoms with Gasteiger partial charge in [-0.3, -0.25) is 4.90 Å². The topological polar surface area (TPSA) is 38.5 Å². The molecule has 1 aliphatic heterocycles. The van der Waals surface area contributed by atoms with Crippen LogP contribution in [0.2, 0.25) is 0 Å². The van der Waals surface area contributed by atoms with Crippen LogP contribution in [0.15, 0.2) is 24.3 Å². The van der Waals surface area contributed by atoms with E-state index in [0.29, 0.717) is 25.2 Å². The Kier molecular flexibility index (Phi) is 4.97. The number of ether oxygens (including phenoxy) is 1. The van der Waals surface area contributed by atoms with Crippen molar-refractivity contribution in [2.75, 3.05) is 20.2 Å². The standard InChI is InChI=1S/C16H26N2O/c1-12-8-13(2)18(10-12)16(9-17)15-6-4-14(5-7-15)11-19-3/h4-7,12-13,16H,8-11,17H2,1-3H3. The first-order valence-electron chi connectivity index (χ1n) is 7.19. The minimum Gasteiger partial charge on any atom is -0.380 e. The highest BCUT2D eigenvalue weighted by Gasteiger charge is 2.31. The fraction of sp³-hybridized carbons (Fsp3) is 0.625. The van der Waals surface area contributed by atoms with Crippen LogP contribution in [-0.2, 0) is 11.3 Å². The third kappa shape index (κ3) is 3.35. The van der Waals surface area contributed by atoms with E-state index in [2.05, 4.69) is 43.0 Å². The molecule has 0 aromatic heterocycles. The molecule has 0 amide bonds. The zero-order chi connectivity index (χ0) is 13.8. The summed E-state index contributed by atoms with van der Waals surface area (Å²) >= 11 is 0. The van der Waals surface area contributed by atoms with Crippen molar-refractivity contribution in [1.29, 1.82) is 0 Å². The Balaban J connectivity index is 2.12. The second-order valence-electron chi connectivity index (χ2n) is 5.81.